The Morgan fingerprint density at radius 1 is 0.600 bits per heavy atom. The van der Waals surface area contributed by atoms with E-state index in [1.807, 2.05) is 0 Å². The predicted molar refractivity (Wildman–Crippen MR) is 92.3 cm³/mol. The third kappa shape index (κ3) is 5.17. The Bertz CT molecular complexity index is 653. The smallest absolute Gasteiger partial charge is 0.507 e. The molecule has 7 heteroatoms. The Balaban J connectivity index is -0.000000190. The Morgan fingerprint density at radius 3 is 1.16 bits per heavy atom. The van der Waals surface area contributed by atoms with Gasteiger partial charge >= 0.3 is 34.1 Å². The molecule has 0 saturated carbocycles. The Hall–Kier alpha value is -1.62. The van der Waals surface area contributed by atoms with E-state index in [9.17, 15) is 19.8 Å². The Morgan fingerprint density at radius 2 is 0.880 bits per heavy atom. The van der Waals surface area contributed by atoms with Crippen molar-refractivity contribution in [3.05, 3.63) is 88.4 Å². The number of hydrogen-bond acceptors (Lipinski definition) is 4. The van der Waals surface area contributed by atoms with Gasteiger partial charge in [-0.15, -0.1) is 0 Å². The number of phenols is 2. The van der Waals surface area contributed by atoms with Crippen molar-refractivity contribution >= 4 is 11.6 Å². The van der Waals surface area contributed by atoms with Crippen LogP contribution in [0.15, 0.2) is 36.4 Å². The number of rotatable bonds is 0. The first-order chi connectivity index (χ1) is 8.61. The molecule has 0 fully saturated rings. The molecule has 0 aromatic heterocycles. The van der Waals surface area contributed by atoms with Crippen molar-refractivity contribution in [2.75, 3.05) is 0 Å². The first-order valence-electron chi connectivity index (χ1n) is 5.34. The molecule has 4 N–H and O–H groups in total. The van der Waals surface area contributed by atoms with Gasteiger partial charge < -0.3 is 45.4 Å². The summed E-state index contributed by atoms with van der Waals surface area (Å²) >= 11 is 0. The van der Waals surface area contributed by atoms with Crippen molar-refractivity contribution in [2.45, 2.75) is 0 Å². The van der Waals surface area contributed by atoms with Crippen LogP contribution in [-0.4, -0.2) is 27.3 Å². The van der Waals surface area contributed by atoms with Crippen LogP contribution in [0, 0.1) is 29.7 Å². The summed E-state index contributed by atoms with van der Waals surface area (Å²) in [4.78, 5) is 24.4. The molecule has 3 rings (SSSR count). The van der Waals surface area contributed by atoms with Crippen LogP contribution >= 0.6 is 0 Å². The van der Waals surface area contributed by atoms with E-state index in [-0.39, 0.29) is 103 Å². The molecule has 1 aliphatic carbocycles. The number of aromatic hydroxyl groups is 2. The summed E-state index contributed by atoms with van der Waals surface area (Å²) in [6.45, 7) is 0. The van der Waals surface area contributed by atoms with E-state index >= 15 is 0 Å². The van der Waals surface area contributed by atoms with Gasteiger partial charge in [0.1, 0.15) is 11.5 Å². The fourth-order valence-electron chi connectivity index (χ4n) is 2.21. The molecular formula is C18H22Cu2O5. The summed E-state index contributed by atoms with van der Waals surface area (Å²) in [5.41, 5.74) is 0.240. The fourth-order valence-corrected chi connectivity index (χ4v) is 2.21. The number of ketones is 2. The zero-order valence-electron chi connectivity index (χ0n) is 14.3. The molecule has 2 aromatic carbocycles. The van der Waals surface area contributed by atoms with Gasteiger partial charge in [-0.2, -0.15) is 0 Å². The van der Waals surface area contributed by atoms with Crippen LogP contribution in [0.1, 0.15) is 31.8 Å². The van der Waals surface area contributed by atoms with E-state index in [2.05, 4.69) is 0 Å². The largest absolute Gasteiger partial charge is 2.00 e. The maximum Gasteiger partial charge on any atom is 2.00 e. The van der Waals surface area contributed by atoms with Crippen molar-refractivity contribution in [1.29, 1.82) is 0 Å². The fraction of sp³-hybridized carbons (Fsp3) is 0. The van der Waals surface area contributed by atoms with E-state index in [0.29, 0.717) is 0 Å². The van der Waals surface area contributed by atoms with E-state index < -0.39 is 11.6 Å². The molecule has 5 nitrogen and oxygen atoms in total. The van der Waals surface area contributed by atoms with Gasteiger partial charge in [-0.1, -0.05) is 24.3 Å². The number of hydrogen-bond donors (Lipinski definition) is 2. The molecule has 0 atom stereocenters. The van der Waals surface area contributed by atoms with Gasteiger partial charge in [0.05, 0.1) is 11.1 Å². The summed E-state index contributed by atoms with van der Waals surface area (Å²) in [6.07, 6.45) is 0. The van der Waals surface area contributed by atoms with Crippen LogP contribution < -0.4 is 0 Å². The van der Waals surface area contributed by atoms with Gasteiger partial charge in [-0.3, -0.25) is 9.59 Å². The zero-order chi connectivity index (χ0) is 12.9. The maximum atomic E-state index is 12.2. The molecular weight excluding hydrogens is 423 g/mol. The van der Waals surface area contributed by atoms with Gasteiger partial charge in [-0.05, 0) is 12.1 Å². The molecule has 0 spiro atoms. The normalized spacial score (nSPS) is 9.44. The second kappa shape index (κ2) is 12.7. The standard InChI is InChI=1S/C14H8O4.4CH3.2Cu.H2O/c15-9-5-1-3-7-11(9)14(18)8-4-2-6-10(16)12(8)13(7)17;;;;;;;/h1-6,15-16H;4*1H3;;;1H2/q;4*-1;2*+2;. The van der Waals surface area contributed by atoms with Gasteiger partial charge in [0.25, 0.3) is 0 Å². The number of phenolic OH excluding ortho intramolecular Hbond substituents is 2. The summed E-state index contributed by atoms with van der Waals surface area (Å²) in [6, 6.07) is 8.62. The average Bonchev–Trinajstić information content (AvgIpc) is 2.35. The maximum absolute atomic E-state index is 12.2. The minimum atomic E-state index is -0.450. The topological polar surface area (TPSA) is 106 Å². The van der Waals surface area contributed by atoms with Crippen molar-refractivity contribution in [1.82, 2.24) is 0 Å². The summed E-state index contributed by atoms with van der Waals surface area (Å²) in [5.74, 6) is -1.35. The molecule has 0 amide bonds. The van der Waals surface area contributed by atoms with E-state index in [1.54, 1.807) is 0 Å². The summed E-state index contributed by atoms with van der Waals surface area (Å²) in [7, 11) is 0. The number of carbonyl (C=O) groups excluding carboxylic acids is 2. The van der Waals surface area contributed by atoms with Gasteiger partial charge in [0.15, 0.2) is 11.6 Å². The van der Waals surface area contributed by atoms with Crippen molar-refractivity contribution in [3.63, 3.8) is 0 Å². The van der Waals surface area contributed by atoms with Crippen LogP contribution in [-0.2, 0) is 34.1 Å². The van der Waals surface area contributed by atoms with Gasteiger partial charge in [-0.25, -0.2) is 0 Å². The molecule has 25 heavy (non-hydrogen) atoms. The first kappa shape index (κ1) is 34.7. The predicted octanol–water partition coefficient (Wildman–Crippen LogP) is 2.84. The van der Waals surface area contributed by atoms with Gasteiger partial charge in [0.2, 0.25) is 0 Å². The molecule has 0 aliphatic heterocycles. The van der Waals surface area contributed by atoms with Gasteiger partial charge in [0, 0.05) is 11.1 Å². The third-order valence-electron chi connectivity index (χ3n) is 3.03. The van der Waals surface area contributed by atoms with E-state index in [0.717, 1.165) is 0 Å². The summed E-state index contributed by atoms with van der Waals surface area (Å²) < 4.78 is 0. The molecule has 1 aliphatic rings. The van der Waals surface area contributed by atoms with Crippen LogP contribution in [0.25, 0.3) is 0 Å². The molecule has 0 bridgehead atoms. The number of fused-ring (bicyclic) bond motifs is 2. The van der Waals surface area contributed by atoms with Crippen molar-refractivity contribution in [2.24, 2.45) is 0 Å². The van der Waals surface area contributed by atoms with E-state index in [4.69, 9.17) is 0 Å². The Kier molecular flexibility index (Phi) is 17.6. The second-order valence-electron chi connectivity index (χ2n) is 4.06. The average molecular weight is 445 g/mol. The van der Waals surface area contributed by atoms with Crippen molar-refractivity contribution in [3.8, 4) is 11.5 Å². The quantitative estimate of drug-likeness (QED) is 0.410. The van der Waals surface area contributed by atoms with Crippen molar-refractivity contribution < 1.29 is 59.4 Å². The zero-order valence-corrected chi connectivity index (χ0v) is 16.2. The first-order valence-corrected chi connectivity index (χ1v) is 5.34. The minimum Gasteiger partial charge on any atom is -0.507 e. The Labute approximate surface area is 170 Å². The van der Waals surface area contributed by atoms with Crippen LogP contribution in [0.4, 0.5) is 0 Å². The number of carbonyl (C=O) groups is 2. The second-order valence-corrected chi connectivity index (χ2v) is 4.06. The van der Waals surface area contributed by atoms with Crippen LogP contribution in [0.5, 0.6) is 11.5 Å². The molecule has 0 unspecified atom stereocenters. The molecule has 146 valence electrons. The minimum absolute atomic E-state index is 0. The molecule has 2 aromatic rings. The molecule has 0 saturated heterocycles. The molecule has 2 radical (unpaired) electrons. The number of benzene rings is 2. The summed E-state index contributed by atoms with van der Waals surface area (Å²) in [5, 5.41) is 19.4. The third-order valence-corrected chi connectivity index (χ3v) is 3.03. The SMILES string of the molecule is O.O=C1c2cccc(O)c2C(=O)c2cccc(O)c21.[CH3-].[CH3-].[CH3-].[CH3-].[Cu+2].[Cu+2]. The van der Waals surface area contributed by atoms with E-state index in [1.165, 1.54) is 36.4 Å². The molecule has 0 heterocycles. The monoisotopic (exact) mass is 444 g/mol. The van der Waals surface area contributed by atoms with Crippen LogP contribution in [0.2, 0.25) is 0 Å². The van der Waals surface area contributed by atoms with Crippen LogP contribution in [0.3, 0.4) is 0 Å².